The van der Waals surface area contributed by atoms with Gasteiger partial charge >= 0.3 is 5.97 Å². The molecule has 0 spiro atoms. The molecule has 0 saturated carbocycles. The number of esters is 1. The minimum atomic E-state index is -0.677. The summed E-state index contributed by atoms with van der Waals surface area (Å²) in [6, 6.07) is 47.5. The molecule has 1 heterocycles. The second kappa shape index (κ2) is 22.0. The second-order valence-corrected chi connectivity index (χ2v) is 13.8. The molecule has 5 aromatic rings. The molecule has 1 saturated heterocycles. The largest absolute Gasteiger partial charge is 0.497 e. The highest BCUT2D eigenvalue weighted by atomic mass is 16.6. The van der Waals surface area contributed by atoms with Crippen molar-refractivity contribution in [3.8, 4) is 5.75 Å². The number of rotatable bonds is 21. The van der Waals surface area contributed by atoms with E-state index < -0.39 is 36.6 Å². The Balaban J connectivity index is 1.37. The number of benzene rings is 5. The van der Waals surface area contributed by atoms with Gasteiger partial charge in [0.05, 0.1) is 53.2 Å². The van der Waals surface area contributed by atoms with Crippen molar-refractivity contribution in [1.82, 2.24) is 5.32 Å². The minimum Gasteiger partial charge on any atom is -0.497 e. The number of carbonyl (C=O) groups is 1. The van der Waals surface area contributed by atoms with Crippen LogP contribution in [0.3, 0.4) is 0 Å². The molecule has 6 atom stereocenters. The van der Waals surface area contributed by atoms with Crippen LogP contribution in [0, 0.1) is 0 Å². The molecule has 0 bridgehead atoms. The predicted octanol–water partition coefficient (Wildman–Crippen LogP) is 7.85. The Morgan fingerprint density at radius 3 is 1.59 bits per heavy atom. The molecule has 9 nitrogen and oxygen atoms in total. The topological polar surface area (TPSA) is 93.7 Å². The van der Waals surface area contributed by atoms with E-state index in [2.05, 4.69) is 5.32 Å². The Morgan fingerprint density at radius 1 is 0.607 bits per heavy atom. The Bertz CT molecular complexity index is 1830. The highest BCUT2D eigenvalue weighted by molar-refractivity contribution is 5.70. The van der Waals surface area contributed by atoms with Crippen LogP contribution >= 0.6 is 0 Å². The highest BCUT2D eigenvalue weighted by Crippen LogP contribution is 2.33. The lowest BCUT2D eigenvalue weighted by Gasteiger charge is -2.48. The zero-order valence-corrected chi connectivity index (χ0v) is 32.2. The molecule has 9 heteroatoms. The predicted molar refractivity (Wildman–Crippen MR) is 215 cm³/mol. The van der Waals surface area contributed by atoms with Gasteiger partial charge in [0, 0.05) is 12.6 Å². The van der Waals surface area contributed by atoms with E-state index in [1.165, 1.54) is 0 Å². The Hall–Kier alpha value is -4.87. The van der Waals surface area contributed by atoms with Gasteiger partial charge in [-0.25, -0.2) is 0 Å². The fraction of sp³-hybridized carbons (Fsp3) is 0.340. The molecular weight excluding hydrogens is 707 g/mol. The van der Waals surface area contributed by atoms with E-state index in [0.29, 0.717) is 33.0 Å². The van der Waals surface area contributed by atoms with Gasteiger partial charge in [0.25, 0.3) is 0 Å². The van der Waals surface area contributed by atoms with Crippen LogP contribution in [0.1, 0.15) is 41.2 Å². The zero-order chi connectivity index (χ0) is 38.8. The molecule has 0 radical (unpaired) electrons. The summed E-state index contributed by atoms with van der Waals surface area (Å²) in [6.07, 6.45) is -3.12. The zero-order valence-electron chi connectivity index (χ0n) is 32.2. The smallest absolute Gasteiger partial charge is 0.307 e. The number of ether oxygens (including phenoxy) is 7. The quantitative estimate of drug-likeness (QED) is 0.0752. The van der Waals surface area contributed by atoms with E-state index in [0.717, 1.165) is 33.6 Å². The van der Waals surface area contributed by atoms with E-state index in [-0.39, 0.29) is 25.6 Å². The van der Waals surface area contributed by atoms with Gasteiger partial charge in [-0.15, -0.1) is 0 Å². The first-order chi connectivity index (χ1) is 27.6. The standard InChI is InChI=1S/C47H53NO8/c1-3-52-43(49)28-41(48-29-35-24-26-40(50-2)27-25-35)44-46(54-32-38-20-12-6-13-21-38)47(55-33-39-22-14-7-15-23-39)45(53-31-37-18-10-5-11-19-37)42(56-44)34-51-30-36-16-8-4-9-17-36/h4-27,41-42,44-48H,3,28-34H2,1-2H3/t41-,42-,44+,45-,46-,47+/m1/s1. The van der Waals surface area contributed by atoms with Crippen LogP contribution in [0.25, 0.3) is 0 Å². The third kappa shape index (κ3) is 12.3. The molecule has 5 aromatic carbocycles. The van der Waals surface area contributed by atoms with E-state index in [1.807, 2.05) is 153 Å². The number of hydrogen-bond donors (Lipinski definition) is 1. The molecule has 1 fully saturated rings. The maximum Gasteiger partial charge on any atom is 0.307 e. The van der Waals surface area contributed by atoms with Crippen molar-refractivity contribution in [1.29, 1.82) is 0 Å². The molecule has 1 aliphatic rings. The van der Waals surface area contributed by atoms with Gasteiger partial charge in [-0.1, -0.05) is 133 Å². The summed E-state index contributed by atoms with van der Waals surface area (Å²) in [5, 5.41) is 3.65. The molecule has 294 valence electrons. The van der Waals surface area contributed by atoms with Crippen molar-refractivity contribution in [2.24, 2.45) is 0 Å². The van der Waals surface area contributed by atoms with E-state index in [4.69, 9.17) is 33.2 Å². The lowest BCUT2D eigenvalue weighted by atomic mass is 9.89. The van der Waals surface area contributed by atoms with Gasteiger partial charge in [-0.05, 0) is 46.9 Å². The van der Waals surface area contributed by atoms with Crippen LogP contribution in [0.4, 0.5) is 0 Å². The van der Waals surface area contributed by atoms with E-state index >= 15 is 0 Å². The van der Waals surface area contributed by atoms with Crippen molar-refractivity contribution in [3.05, 3.63) is 173 Å². The monoisotopic (exact) mass is 759 g/mol. The van der Waals surface area contributed by atoms with Crippen molar-refractivity contribution >= 4 is 5.97 Å². The molecule has 0 amide bonds. The van der Waals surface area contributed by atoms with Gasteiger partial charge in [0.2, 0.25) is 0 Å². The summed E-state index contributed by atoms with van der Waals surface area (Å²) >= 11 is 0. The Morgan fingerprint density at radius 2 is 1.09 bits per heavy atom. The van der Waals surface area contributed by atoms with Crippen LogP contribution in [0.5, 0.6) is 5.75 Å². The molecule has 56 heavy (non-hydrogen) atoms. The first-order valence-corrected chi connectivity index (χ1v) is 19.3. The first-order valence-electron chi connectivity index (χ1n) is 19.3. The Labute approximate surface area is 330 Å². The van der Waals surface area contributed by atoms with E-state index in [1.54, 1.807) is 7.11 Å². The van der Waals surface area contributed by atoms with Gasteiger partial charge < -0.3 is 38.5 Å². The molecule has 0 aromatic heterocycles. The van der Waals surface area contributed by atoms with Crippen LogP contribution < -0.4 is 10.1 Å². The van der Waals surface area contributed by atoms with Crippen LogP contribution in [0.15, 0.2) is 146 Å². The second-order valence-electron chi connectivity index (χ2n) is 13.8. The minimum absolute atomic E-state index is 0.0401. The average molecular weight is 760 g/mol. The number of carbonyl (C=O) groups excluding carboxylic acids is 1. The highest BCUT2D eigenvalue weighted by Gasteiger charge is 2.51. The SMILES string of the molecule is CCOC(=O)C[C@@H](NCc1ccc(OC)cc1)[C@@H]1O[C@H](COCc2ccccc2)[C@@H](OCc2ccccc2)[C@H](OCc2ccccc2)[C@@H]1OCc1ccccc1. The Kier molecular flexibility index (Phi) is 16.0. The van der Waals surface area contributed by atoms with Gasteiger partial charge in [-0.2, -0.15) is 0 Å². The van der Waals surface area contributed by atoms with Crippen LogP contribution in [-0.2, 0) is 66.2 Å². The summed E-state index contributed by atoms with van der Waals surface area (Å²) in [5.41, 5.74) is 5.08. The van der Waals surface area contributed by atoms with Crippen molar-refractivity contribution in [3.63, 3.8) is 0 Å². The van der Waals surface area contributed by atoms with Crippen LogP contribution in [-0.4, -0.2) is 62.9 Å². The molecule has 0 unspecified atom stereocenters. The summed E-state index contributed by atoms with van der Waals surface area (Å²) in [4.78, 5) is 13.3. The first kappa shape index (κ1) is 40.8. The average Bonchev–Trinajstić information content (AvgIpc) is 3.25. The molecule has 6 rings (SSSR count). The van der Waals surface area contributed by atoms with E-state index in [9.17, 15) is 4.79 Å². The van der Waals surface area contributed by atoms with Gasteiger partial charge in [0.15, 0.2) is 0 Å². The molecule has 0 aliphatic carbocycles. The third-order valence-corrected chi connectivity index (χ3v) is 9.74. The lowest BCUT2D eigenvalue weighted by molar-refractivity contribution is -0.277. The molecular formula is C47H53NO8. The van der Waals surface area contributed by atoms with Gasteiger partial charge in [-0.3, -0.25) is 4.79 Å². The number of hydrogen-bond acceptors (Lipinski definition) is 9. The van der Waals surface area contributed by atoms with Crippen molar-refractivity contribution in [2.45, 2.75) is 82.9 Å². The summed E-state index contributed by atoms with van der Waals surface area (Å²) in [5.74, 6) is 0.423. The molecule has 1 N–H and O–H groups in total. The number of methoxy groups -OCH3 is 1. The fourth-order valence-electron chi connectivity index (χ4n) is 6.85. The summed E-state index contributed by atoms with van der Waals surface area (Å²) in [7, 11) is 1.64. The fourth-order valence-corrected chi connectivity index (χ4v) is 6.85. The maximum atomic E-state index is 13.3. The maximum absolute atomic E-state index is 13.3. The third-order valence-electron chi connectivity index (χ3n) is 9.74. The van der Waals surface area contributed by atoms with Crippen molar-refractivity contribution < 1.29 is 38.0 Å². The normalized spacial score (nSPS) is 19.9. The summed E-state index contributed by atoms with van der Waals surface area (Å²) in [6.45, 7) is 4.07. The van der Waals surface area contributed by atoms with Crippen LogP contribution in [0.2, 0.25) is 0 Å². The van der Waals surface area contributed by atoms with Crippen molar-refractivity contribution in [2.75, 3.05) is 20.3 Å². The molecule has 1 aliphatic heterocycles. The lowest BCUT2D eigenvalue weighted by Crippen LogP contribution is -2.65. The number of nitrogens with one attached hydrogen (secondary N) is 1. The summed E-state index contributed by atoms with van der Waals surface area (Å²) < 4.78 is 45.1. The van der Waals surface area contributed by atoms with Gasteiger partial charge in [0.1, 0.15) is 36.3 Å².